The van der Waals surface area contributed by atoms with Crippen LogP contribution in [0.15, 0.2) is 12.1 Å². The Bertz CT molecular complexity index is 489. The topological polar surface area (TPSA) is 49.4 Å². The van der Waals surface area contributed by atoms with E-state index < -0.39 is 6.04 Å². The van der Waals surface area contributed by atoms with Gasteiger partial charge in [-0.1, -0.05) is 18.5 Å². The fourth-order valence-corrected chi connectivity index (χ4v) is 3.38. The van der Waals surface area contributed by atoms with Crippen LogP contribution >= 0.6 is 22.9 Å². The minimum absolute atomic E-state index is 0.00546. The van der Waals surface area contributed by atoms with Crippen LogP contribution in [0.5, 0.6) is 0 Å². The first-order valence-electron chi connectivity index (χ1n) is 6.38. The van der Waals surface area contributed by atoms with Crippen LogP contribution in [0.4, 0.5) is 0 Å². The Morgan fingerprint density at radius 2 is 2.16 bits per heavy atom. The van der Waals surface area contributed by atoms with Crippen molar-refractivity contribution in [3.8, 4) is 0 Å². The van der Waals surface area contributed by atoms with Gasteiger partial charge in [0.2, 0.25) is 11.8 Å². The van der Waals surface area contributed by atoms with Gasteiger partial charge in [0.15, 0.2) is 0 Å². The molecule has 0 saturated carbocycles. The molecule has 2 heterocycles. The smallest absolute Gasteiger partial charge is 0.245 e. The Morgan fingerprint density at radius 1 is 1.42 bits per heavy atom. The van der Waals surface area contributed by atoms with E-state index in [0.717, 1.165) is 15.6 Å². The van der Waals surface area contributed by atoms with Gasteiger partial charge in [0.05, 0.1) is 4.34 Å². The first-order chi connectivity index (χ1) is 9.02. The van der Waals surface area contributed by atoms with Gasteiger partial charge in [-0.2, -0.15) is 0 Å². The van der Waals surface area contributed by atoms with Crippen LogP contribution in [0.3, 0.4) is 0 Å². The molecule has 2 amide bonds. The first-order valence-corrected chi connectivity index (χ1v) is 7.57. The standard InChI is InChI=1S/C13H17ClN2O2S/c1-3-10-12(17)15-8(2)13(18)16(10)7-6-9-4-5-11(14)19-9/h4-5,8,10H,3,6-7H2,1-2H3,(H,15,17). The van der Waals surface area contributed by atoms with Crippen LogP contribution in [-0.4, -0.2) is 35.3 Å². The second-order valence-corrected chi connectivity index (χ2v) is 6.44. The largest absolute Gasteiger partial charge is 0.343 e. The molecule has 0 aromatic carbocycles. The number of thiophene rings is 1. The summed E-state index contributed by atoms with van der Waals surface area (Å²) in [5.74, 6) is -0.0621. The molecule has 1 aliphatic heterocycles. The van der Waals surface area contributed by atoms with Crippen molar-refractivity contribution in [2.24, 2.45) is 0 Å². The molecular weight excluding hydrogens is 284 g/mol. The molecule has 1 aromatic rings. The summed E-state index contributed by atoms with van der Waals surface area (Å²) < 4.78 is 0.748. The van der Waals surface area contributed by atoms with Gasteiger partial charge < -0.3 is 10.2 Å². The van der Waals surface area contributed by atoms with Crippen LogP contribution in [0.25, 0.3) is 0 Å². The molecule has 2 rings (SSSR count). The van der Waals surface area contributed by atoms with E-state index in [1.54, 1.807) is 11.8 Å². The Morgan fingerprint density at radius 3 is 2.74 bits per heavy atom. The van der Waals surface area contributed by atoms with E-state index in [9.17, 15) is 9.59 Å². The van der Waals surface area contributed by atoms with Crippen LogP contribution in [0, 0.1) is 0 Å². The summed E-state index contributed by atoms with van der Waals surface area (Å²) in [5.41, 5.74) is 0. The molecular formula is C13H17ClN2O2S. The fourth-order valence-electron chi connectivity index (χ4n) is 2.30. The third-order valence-corrected chi connectivity index (χ3v) is 4.60. The molecule has 1 aromatic heterocycles. The third kappa shape index (κ3) is 3.09. The van der Waals surface area contributed by atoms with Crippen molar-refractivity contribution in [2.75, 3.05) is 6.54 Å². The molecule has 0 bridgehead atoms. The summed E-state index contributed by atoms with van der Waals surface area (Å²) >= 11 is 7.40. The van der Waals surface area contributed by atoms with Gasteiger partial charge in [-0.15, -0.1) is 11.3 Å². The average Bonchev–Trinajstić information content (AvgIpc) is 2.78. The van der Waals surface area contributed by atoms with Crippen molar-refractivity contribution in [3.63, 3.8) is 0 Å². The maximum atomic E-state index is 12.2. The van der Waals surface area contributed by atoms with Crippen molar-refractivity contribution in [1.29, 1.82) is 0 Å². The number of hydrogen-bond donors (Lipinski definition) is 1. The molecule has 1 N–H and O–H groups in total. The van der Waals surface area contributed by atoms with Crippen molar-refractivity contribution in [1.82, 2.24) is 10.2 Å². The van der Waals surface area contributed by atoms with Gasteiger partial charge >= 0.3 is 0 Å². The number of amides is 2. The Hall–Kier alpha value is -1.07. The van der Waals surface area contributed by atoms with Crippen LogP contribution in [0.1, 0.15) is 25.1 Å². The summed E-state index contributed by atoms with van der Waals surface area (Å²) in [6.07, 6.45) is 1.37. The number of nitrogens with zero attached hydrogens (tertiary/aromatic N) is 1. The predicted octanol–water partition coefficient (Wildman–Crippen LogP) is 2.07. The highest BCUT2D eigenvalue weighted by Gasteiger charge is 2.36. The second kappa shape index (κ2) is 5.92. The Balaban J connectivity index is 2.06. The molecule has 1 saturated heterocycles. The number of rotatable bonds is 4. The number of carbonyl (C=O) groups excluding carboxylic acids is 2. The molecule has 1 aliphatic rings. The minimum Gasteiger partial charge on any atom is -0.343 e. The first kappa shape index (κ1) is 14.3. The van der Waals surface area contributed by atoms with E-state index in [1.807, 2.05) is 19.1 Å². The van der Waals surface area contributed by atoms with Crippen LogP contribution in [-0.2, 0) is 16.0 Å². The van der Waals surface area contributed by atoms with E-state index in [4.69, 9.17) is 11.6 Å². The third-order valence-electron chi connectivity index (χ3n) is 3.31. The van der Waals surface area contributed by atoms with Gasteiger partial charge in [0, 0.05) is 11.4 Å². The molecule has 104 valence electrons. The lowest BCUT2D eigenvalue weighted by molar-refractivity contribution is -0.148. The lowest BCUT2D eigenvalue weighted by Crippen LogP contribution is -2.62. The van der Waals surface area contributed by atoms with Gasteiger partial charge in [-0.3, -0.25) is 9.59 Å². The van der Waals surface area contributed by atoms with E-state index in [1.165, 1.54) is 11.3 Å². The molecule has 1 fully saturated rings. The maximum Gasteiger partial charge on any atom is 0.245 e. The van der Waals surface area contributed by atoms with Crippen molar-refractivity contribution in [2.45, 2.75) is 38.8 Å². The van der Waals surface area contributed by atoms with Crippen molar-refractivity contribution < 1.29 is 9.59 Å². The maximum absolute atomic E-state index is 12.2. The van der Waals surface area contributed by atoms with E-state index in [0.29, 0.717) is 13.0 Å². The summed E-state index contributed by atoms with van der Waals surface area (Å²) in [7, 11) is 0. The van der Waals surface area contributed by atoms with Gasteiger partial charge in [0.25, 0.3) is 0 Å². The molecule has 4 nitrogen and oxygen atoms in total. The molecule has 2 unspecified atom stereocenters. The fraction of sp³-hybridized carbons (Fsp3) is 0.538. The average molecular weight is 301 g/mol. The number of hydrogen-bond acceptors (Lipinski definition) is 3. The SMILES string of the molecule is CCC1C(=O)NC(C)C(=O)N1CCc1ccc(Cl)s1. The monoisotopic (exact) mass is 300 g/mol. The molecule has 0 spiro atoms. The molecule has 6 heteroatoms. The zero-order valence-electron chi connectivity index (χ0n) is 11.0. The molecule has 2 atom stereocenters. The highest BCUT2D eigenvalue weighted by atomic mass is 35.5. The van der Waals surface area contributed by atoms with Gasteiger partial charge in [-0.05, 0) is 31.9 Å². The second-order valence-electron chi connectivity index (χ2n) is 4.64. The quantitative estimate of drug-likeness (QED) is 0.925. The van der Waals surface area contributed by atoms with E-state index in [-0.39, 0.29) is 17.9 Å². The summed E-state index contributed by atoms with van der Waals surface area (Å²) in [6.45, 7) is 4.20. The lowest BCUT2D eigenvalue weighted by atomic mass is 10.1. The lowest BCUT2D eigenvalue weighted by Gasteiger charge is -2.37. The number of halogens is 1. The van der Waals surface area contributed by atoms with Gasteiger partial charge in [-0.25, -0.2) is 0 Å². The molecule has 0 aliphatic carbocycles. The molecule has 19 heavy (non-hydrogen) atoms. The summed E-state index contributed by atoms with van der Waals surface area (Å²) in [5, 5.41) is 2.71. The van der Waals surface area contributed by atoms with Gasteiger partial charge in [0.1, 0.15) is 12.1 Å². The predicted molar refractivity (Wildman–Crippen MR) is 76.4 cm³/mol. The number of nitrogens with one attached hydrogen (secondary N) is 1. The summed E-state index contributed by atoms with van der Waals surface area (Å²) in [4.78, 5) is 26.9. The number of piperazine rings is 1. The highest BCUT2D eigenvalue weighted by molar-refractivity contribution is 7.16. The zero-order valence-corrected chi connectivity index (χ0v) is 12.6. The van der Waals surface area contributed by atoms with E-state index >= 15 is 0 Å². The number of carbonyl (C=O) groups is 2. The van der Waals surface area contributed by atoms with Crippen molar-refractivity contribution >= 4 is 34.8 Å². The minimum atomic E-state index is -0.428. The molecule has 0 radical (unpaired) electrons. The highest BCUT2D eigenvalue weighted by Crippen LogP contribution is 2.23. The normalized spacial score (nSPS) is 23.6. The zero-order chi connectivity index (χ0) is 14.0. The Labute approximate surface area is 121 Å². The summed E-state index contributed by atoms with van der Waals surface area (Å²) in [6, 6.07) is 3.04. The van der Waals surface area contributed by atoms with Crippen LogP contribution < -0.4 is 5.32 Å². The van der Waals surface area contributed by atoms with Crippen molar-refractivity contribution in [3.05, 3.63) is 21.3 Å². The Kier molecular flexibility index (Phi) is 4.47. The van der Waals surface area contributed by atoms with Crippen LogP contribution in [0.2, 0.25) is 4.34 Å². The van der Waals surface area contributed by atoms with E-state index in [2.05, 4.69) is 5.32 Å².